The van der Waals surface area contributed by atoms with Crippen molar-refractivity contribution in [3.05, 3.63) is 29.8 Å². The third-order valence-corrected chi connectivity index (χ3v) is 3.27. The van der Waals surface area contributed by atoms with E-state index < -0.39 is 0 Å². The molecule has 4 nitrogen and oxygen atoms in total. The first-order valence-corrected chi connectivity index (χ1v) is 6.36. The first-order valence-electron chi connectivity index (χ1n) is 5.95. The van der Waals surface area contributed by atoms with E-state index in [1.54, 1.807) is 7.11 Å². The van der Waals surface area contributed by atoms with Crippen LogP contribution in [0.3, 0.4) is 0 Å². The number of thiocarbonyl (C=S) groups is 1. The molecule has 0 aromatic heterocycles. The molecule has 0 bridgehead atoms. The van der Waals surface area contributed by atoms with Gasteiger partial charge in [-0.2, -0.15) is 0 Å². The van der Waals surface area contributed by atoms with E-state index in [9.17, 15) is 0 Å². The second-order valence-electron chi connectivity index (χ2n) is 4.35. The maximum absolute atomic E-state index is 5.63. The number of benzene rings is 1. The molecule has 1 saturated heterocycles. The number of methoxy groups -OCH3 is 1. The standard InChI is InChI=1S/C13H18N2O2S/c1-16-11-4-2-3-10(7-11)8-15-5-6-17-12(9-15)13(14)18/h2-4,7,12H,5-6,8-9H2,1H3,(H2,14,18). The molecule has 2 rings (SSSR count). The Balaban J connectivity index is 1.97. The lowest BCUT2D eigenvalue weighted by atomic mass is 10.2. The van der Waals surface area contributed by atoms with Crippen LogP contribution >= 0.6 is 12.2 Å². The highest BCUT2D eigenvalue weighted by atomic mass is 32.1. The smallest absolute Gasteiger partial charge is 0.120 e. The molecule has 0 spiro atoms. The van der Waals surface area contributed by atoms with Gasteiger partial charge in [-0.25, -0.2) is 0 Å². The van der Waals surface area contributed by atoms with E-state index in [1.807, 2.05) is 18.2 Å². The van der Waals surface area contributed by atoms with Crippen LogP contribution in [0.2, 0.25) is 0 Å². The summed E-state index contributed by atoms with van der Waals surface area (Å²) in [4.78, 5) is 2.73. The number of nitrogens with two attached hydrogens (primary N) is 1. The zero-order chi connectivity index (χ0) is 13.0. The Labute approximate surface area is 113 Å². The summed E-state index contributed by atoms with van der Waals surface area (Å²) in [6.07, 6.45) is -0.126. The van der Waals surface area contributed by atoms with E-state index in [2.05, 4.69) is 11.0 Å². The van der Waals surface area contributed by atoms with Crippen LogP contribution in [0, 0.1) is 0 Å². The number of morpholine rings is 1. The zero-order valence-electron chi connectivity index (χ0n) is 10.5. The molecule has 98 valence electrons. The normalized spacial score (nSPS) is 20.6. The average Bonchev–Trinajstić information content (AvgIpc) is 2.39. The summed E-state index contributed by atoms with van der Waals surface area (Å²) in [5.41, 5.74) is 6.85. The van der Waals surface area contributed by atoms with Crippen LogP contribution in [0.15, 0.2) is 24.3 Å². The molecule has 0 saturated carbocycles. The fourth-order valence-electron chi connectivity index (χ4n) is 2.05. The van der Waals surface area contributed by atoms with Crippen molar-refractivity contribution in [2.45, 2.75) is 12.6 Å². The van der Waals surface area contributed by atoms with E-state index in [1.165, 1.54) is 5.56 Å². The van der Waals surface area contributed by atoms with E-state index in [0.29, 0.717) is 11.6 Å². The molecule has 2 N–H and O–H groups in total. The van der Waals surface area contributed by atoms with Gasteiger partial charge in [-0.15, -0.1) is 0 Å². The van der Waals surface area contributed by atoms with Gasteiger partial charge in [-0.05, 0) is 17.7 Å². The molecule has 1 atom stereocenters. The molecule has 1 heterocycles. The van der Waals surface area contributed by atoms with Gasteiger partial charge in [0.25, 0.3) is 0 Å². The molecule has 1 aromatic carbocycles. The summed E-state index contributed by atoms with van der Waals surface area (Å²) in [6.45, 7) is 3.19. The largest absolute Gasteiger partial charge is 0.497 e. The number of hydrogen-bond donors (Lipinski definition) is 1. The third kappa shape index (κ3) is 3.41. The quantitative estimate of drug-likeness (QED) is 0.829. The highest BCUT2D eigenvalue weighted by molar-refractivity contribution is 7.80. The van der Waals surface area contributed by atoms with Gasteiger partial charge in [0.1, 0.15) is 16.8 Å². The van der Waals surface area contributed by atoms with Crippen molar-refractivity contribution in [2.75, 3.05) is 26.8 Å². The molecule has 1 unspecified atom stereocenters. The van der Waals surface area contributed by atoms with Crippen LogP contribution in [0.5, 0.6) is 5.75 Å². The van der Waals surface area contributed by atoms with Gasteiger partial charge < -0.3 is 15.2 Å². The molecule has 5 heteroatoms. The fraction of sp³-hybridized carbons (Fsp3) is 0.462. The van der Waals surface area contributed by atoms with Crippen LogP contribution in [0.25, 0.3) is 0 Å². The highest BCUT2D eigenvalue weighted by Gasteiger charge is 2.22. The van der Waals surface area contributed by atoms with E-state index in [0.717, 1.165) is 25.4 Å². The molecule has 0 aliphatic carbocycles. The van der Waals surface area contributed by atoms with E-state index in [-0.39, 0.29) is 6.10 Å². The molecule has 1 aliphatic heterocycles. The van der Waals surface area contributed by atoms with Gasteiger partial charge in [-0.3, -0.25) is 4.90 Å². The minimum Gasteiger partial charge on any atom is -0.497 e. The van der Waals surface area contributed by atoms with Crippen molar-refractivity contribution >= 4 is 17.2 Å². The lowest BCUT2D eigenvalue weighted by molar-refractivity contribution is 0.00389. The average molecular weight is 266 g/mol. The first-order chi connectivity index (χ1) is 8.69. The summed E-state index contributed by atoms with van der Waals surface area (Å²) >= 11 is 4.98. The predicted molar refractivity (Wildman–Crippen MR) is 74.8 cm³/mol. The summed E-state index contributed by atoms with van der Waals surface area (Å²) in [5, 5.41) is 0. The molecule has 0 radical (unpaired) electrons. The zero-order valence-corrected chi connectivity index (χ0v) is 11.3. The molecule has 0 amide bonds. The van der Waals surface area contributed by atoms with Crippen LogP contribution in [-0.4, -0.2) is 42.8 Å². The Morgan fingerprint density at radius 2 is 2.44 bits per heavy atom. The SMILES string of the molecule is COc1cccc(CN2CCOC(C(N)=S)C2)c1. The Kier molecular flexibility index (Phi) is 4.52. The Hall–Kier alpha value is -1.17. The van der Waals surface area contributed by atoms with Crippen LogP contribution < -0.4 is 10.5 Å². The Morgan fingerprint density at radius 3 is 3.17 bits per heavy atom. The van der Waals surface area contributed by atoms with Crippen LogP contribution in [0.4, 0.5) is 0 Å². The van der Waals surface area contributed by atoms with Crippen LogP contribution in [-0.2, 0) is 11.3 Å². The number of ether oxygens (including phenoxy) is 2. The monoisotopic (exact) mass is 266 g/mol. The van der Waals surface area contributed by atoms with Crippen molar-refractivity contribution in [3.8, 4) is 5.75 Å². The second-order valence-corrected chi connectivity index (χ2v) is 4.82. The fourth-order valence-corrected chi connectivity index (χ4v) is 2.19. The first kappa shape index (κ1) is 13.3. The minimum atomic E-state index is -0.126. The van der Waals surface area contributed by atoms with Gasteiger partial charge in [0, 0.05) is 19.6 Å². The molecule has 1 aliphatic rings. The van der Waals surface area contributed by atoms with Crippen molar-refractivity contribution in [1.29, 1.82) is 0 Å². The van der Waals surface area contributed by atoms with Crippen molar-refractivity contribution in [2.24, 2.45) is 5.73 Å². The summed E-state index contributed by atoms with van der Waals surface area (Å²) in [6, 6.07) is 8.08. The molecule has 18 heavy (non-hydrogen) atoms. The number of hydrogen-bond acceptors (Lipinski definition) is 4. The topological polar surface area (TPSA) is 47.7 Å². The van der Waals surface area contributed by atoms with Crippen molar-refractivity contribution in [1.82, 2.24) is 4.90 Å². The Bertz CT molecular complexity index is 425. The van der Waals surface area contributed by atoms with E-state index in [4.69, 9.17) is 27.4 Å². The maximum Gasteiger partial charge on any atom is 0.120 e. The predicted octanol–water partition coefficient (Wildman–Crippen LogP) is 1.18. The van der Waals surface area contributed by atoms with Crippen LogP contribution in [0.1, 0.15) is 5.56 Å². The lowest BCUT2D eigenvalue weighted by Crippen LogP contribution is -2.47. The minimum absolute atomic E-state index is 0.126. The number of nitrogens with zero attached hydrogens (tertiary/aromatic N) is 1. The van der Waals surface area contributed by atoms with E-state index >= 15 is 0 Å². The third-order valence-electron chi connectivity index (χ3n) is 3.01. The van der Waals surface area contributed by atoms with Gasteiger partial charge in [-0.1, -0.05) is 24.4 Å². The molecular formula is C13H18N2O2S. The number of rotatable bonds is 4. The summed E-state index contributed by atoms with van der Waals surface area (Å²) in [5.74, 6) is 0.881. The van der Waals surface area contributed by atoms with Gasteiger partial charge in [0.2, 0.25) is 0 Å². The lowest BCUT2D eigenvalue weighted by Gasteiger charge is -2.32. The Morgan fingerprint density at radius 1 is 1.61 bits per heavy atom. The molecule has 1 fully saturated rings. The molecular weight excluding hydrogens is 248 g/mol. The van der Waals surface area contributed by atoms with Crippen molar-refractivity contribution < 1.29 is 9.47 Å². The van der Waals surface area contributed by atoms with Gasteiger partial charge in [0.15, 0.2) is 0 Å². The van der Waals surface area contributed by atoms with Crippen molar-refractivity contribution in [3.63, 3.8) is 0 Å². The molecule has 1 aromatic rings. The highest BCUT2D eigenvalue weighted by Crippen LogP contribution is 2.16. The van der Waals surface area contributed by atoms with Gasteiger partial charge in [0.05, 0.1) is 13.7 Å². The van der Waals surface area contributed by atoms with Gasteiger partial charge >= 0.3 is 0 Å². The summed E-state index contributed by atoms with van der Waals surface area (Å²) < 4.78 is 10.7. The summed E-state index contributed by atoms with van der Waals surface area (Å²) in [7, 11) is 1.68. The second kappa shape index (κ2) is 6.13. The maximum atomic E-state index is 5.63.